The Bertz CT molecular complexity index is 357. The van der Waals surface area contributed by atoms with Crippen LogP contribution < -0.4 is 5.73 Å². The Balaban J connectivity index is 2.01. The summed E-state index contributed by atoms with van der Waals surface area (Å²) in [6.07, 6.45) is 3.31. The SMILES string of the molecule is NC1(C(=O)Cc2cc(Br)cs2)CCC1. The van der Waals surface area contributed by atoms with E-state index in [4.69, 9.17) is 5.73 Å². The second-order valence-corrected chi connectivity index (χ2v) is 5.75. The van der Waals surface area contributed by atoms with E-state index in [-0.39, 0.29) is 5.78 Å². The van der Waals surface area contributed by atoms with E-state index < -0.39 is 5.54 Å². The molecule has 0 radical (unpaired) electrons. The summed E-state index contributed by atoms with van der Waals surface area (Å²) in [6, 6.07) is 1.99. The van der Waals surface area contributed by atoms with Crippen LogP contribution in [0.2, 0.25) is 0 Å². The Morgan fingerprint density at radius 1 is 1.64 bits per heavy atom. The van der Waals surface area contributed by atoms with Crippen LogP contribution in [0.1, 0.15) is 24.1 Å². The van der Waals surface area contributed by atoms with Gasteiger partial charge in [-0.15, -0.1) is 11.3 Å². The van der Waals surface area contributed by atoms with Gasteiger partial charge in [0.2, 0.25) is 0 Å². The quantitative estimate of drug-likeness (QED) is 0.920. The van der Waals surface area contributed by atoms with Crippen LogP contribution in [-0.4, -0.2) is 11.3 Å². The number of Topliss-reactive ketones (excluding diaryl/α,β-unsaturated/α-hetero) is 1. The topological polar surface area (TPSA) is 43.1 Å². The number of nitrogens with two attached hydrogens (primary N) is 1. The number of carbonyl (C=O) groups excluding carboxylic acids is 1. The Morgan fingerprint density at radius 3 is 2.79 bits per heavy atom. The number of halogens is 1. The van der Waals surface area contributed by atoms with Gasteiger partial charge in [0, 0.05) is 21.2 Å². The maximum Gasteiger partial charge on any atom is 0.157 e. The van der Waals surface area contributed by atoms with Crippen LogP contribution in [0.3, 0.4) is 0 Å². The van der Waals surface area contributed by atoms with Crippen molar-refractivity contribution >= 4 is 33.0 Å². The van der Waals surface area contributed by atoms with Crippen molar-refractivity contribution in [3.8, 4) is 0 Å². The summed E-state index contributed by atoms with van der Waals surface area (Å²) in [5.74, 6) is 0.193. The third kappa shape index (κ3) is 1.92. The van der Waals surface area contributed by atoms with Crippen LogP contribution in [-0.2, 0) is 11.2 Å². The number of rotatable bonds is 3. The number of carbonyl (C=O) groups is 1. The van der Waals surface area contributed by atoms with Crippen LogP contribution in [0.5, 0.6) is 0 Å². The van der Waals surface area contributed by atoms with Crippen molar-refractivity contribution in [2.45, 2.75) is 31.2 Å². The molecule has 0 aliphatic heterocycles. The molecule has 2 rings (SSSR count). The van der Waals surface area contributed by atoms with Gasteiger partial charge in [-0.2, -0.15) is 0 Å². The van der Waals surface area contributed by atoms with E-state index in [9.17, 15) is 4.79 Å². The maximum atomic E-state index is 11.8. The second kappa shape index (κ2) is 3.76. The first kappa shape index (κ1) is 10.3. The molecule has 1 saturated carbocycles. The molecule has 1 aromatic heterocycles. The van der Waals surface area contributed by atoms with Crippen molar-refractivity contribution in [1.29, 1.82) is 0 Å². The summed E-state index contributed by atoms with van der Waals surface area (Å²) in [5, 5.41) is 1.99. The Kier molecular flexibility index (Phi) is 2.77. The number of thiophene rings is 1. The third-order valence-electron chi connectivity index (χ3n) is 2.76. The summed E-state index contributed by atoms with van der Waals surface area (Å²) in [6.45, 7) is 0. The van der Waals surface area contributed by atoms with E-state index in [2.05, 4.69) is 15.9 Å². The zero-order valence-corrected chi connectivity index (χ0v) is 10.2. The largest absolute Gasteiger partial charge is 0.319 e. The van der Waals surface area contributed by atoms with Gasteiger partial charge in [0.05, 0.1) is 5.54 Å². The van der Waals surface area contributed by atoms with Crippen molar-refractivity contribution in [2.24, 2.45) is 5.73 Å². The number of hydrogen-bond donors (Lipinski definition) is 1. The molecule has 1 aliphatic rings. The second-order valence-electron chi connectivity index (χ2n) is 3.84. The Hall–Kier alpha value is -0.190. The molecule has 0 bridgehead atoms. The summed E-state index contributed by atoms with van der Waals surface area (Å²) in [4.78, 5) is 12.9. The number of ketones is 1. The predicted molar refractivity (Wildman–Crippen MR) is 61.5 cm³/mol. The molecule has 4 heteroatoms. The average molecular weight is 274 g/mol. The monoisotopic (exact) mass is 273 g/mol. The third-order valence-corrected chi connectivity index (χ3v) is 4.46. The summed E-state index contributed by atoms with van der Waals surface area (Å²) in [7, 11) is 0. The van der Waals surface area contributed by atoms with Crippen molar-refractivity contribution in [1.82, 2.24) is 0 Å². The molecule has 14 heavy (non-hydrogen) atoms. The lowest BCUT2D eigenvalue weighted by Crippen LogP contribution is -2.54. The van der Waals surface area contributed by atoms with Gasteiger partial charge in [-0.05, 0) is 41.3 Å². The van der Waals surface area contributed by atoms with Gasteiger partial charge >= 0.3 is 0 Å². The fourth-order valence-electron chi connectivity index (χ4n) is 1.62. The van der Waals surface area contributed by atoms with E-state index in [0.717, 1.165) is 28.6 Å². The Labute approximate surface area is 95.6 Å². The highest BCUT2D eigenvalue weighted by Crippen LogP contribution is 2.32. The first-order chi connectivity index (χ1) is 6.60. The average Bonchev–Trinajstić information content (AvgIpc) is 2.47. The van der Waals surface area contributed by atoms with Gasteiger partial charge in [-0.3, -0.25) is 4.79 Å². The molecule has 0 aromatic carbocycles. The van der Waals surface area contributed by atoms with Crippen molar-refractivity contribution < 1.29 is 4.79 Å². The molecule has 76 valence electrons. The van der Waals surface area contributed by atoms with Gasteiger partial charge in [0.15, 0.2) is 5.78 Å². The summed E-state index contributed by atoms with van der Waals surface area (Å²) >= 11 is 4.98. The minimum Gasteiger partial charge on any atom is -0.319 e. The normalized spacial score (nSPS) is 19.0. The minimum atomic E-state index is -0.504. The molecule has 1 aliphatic carbocycles. The zero-order chi connectivity index (χ0) is 10.2. The highest BCUT2D eigenvalue weighted by atomic mass is 79.9. The van der Waals surface area contributed by atoms with Crippen LogP contribution in [0.4, 0.5) is 0 Å². The first-order valence-electron chi connectivity index (χ1n) is 4.65. The van der Waals surface area contributed by atoms with E-state index in [1.165, 1.54) is 0 Å². The molecule has 2 nitrogen and oxygen atoms in total. The molecule has 0 unspecified atom stereocenters. The smallest absolute Gasteiger partial charge is 0.157 e. The fourth-order valence-corrected chi connectivity index (χ4v) is 3.07. The van der Waals surface area contributed by atoms with E-state index in [1.54, 1.807) is 11.3 Å². The molecule has 2 N–H and O–H groups in total. The fraction of sp³-hybridized carbons (Fsp3) is 0.500. The first-order valence-corrected chi connectivity index (χ1v) is 6.32. The van der Waals surface area contributed by atoms with Crippen LogP contribution in [0.25, 0.3) is 0 Å². The molecule has 0 amide bonds. The van der Waals surface area contributed by atoms with Crippen molar-refractivity contribution in [3.05, 3.63) is 20.8 Å². The molecule has 1 heterocycles. The van der Waals surface area contributed by atoms with E-state index >= 15 is 0 Å². The zero-order valence-electron chi connectivity index (χ0n) is 7.75. The molecular weight excluding hydrogens is 262 g/mol. The maximum absolute atomic E-state index is 11.8. The molecule has 1 fully saturated rings. The van der Waals surface area contributed by atoms with Crippen LogP contribution in [0.15, 0.2) is 15.9 Å². The number of hydrogen-bond acceptors (Lipinski definition) is 3. The lowest BCUT2D eigenvalue weighted by Gasteiger charge is -2.36. The van der Waals surface area contributed by atoms with E-state index in [0.29, 0.717) is 6.42 Å². The molecule has 0 atom stereocenters. The van der Waals surface area contributed by atoms with Gasteiger partial charge < -0.3 is 5.73 Å². The van der Waals surface area contributed by atoms with Gasteiger partial charge in [-0.25, -0.2) is 0 Å². The van der Waals surface area contributed by atoms with Crippen LogP contribution in [0, 0.1) is 0 Å². The highest BCUT2D eigenvalue weighted by Gasteiger charge is 2.39. The lowest BCUT2D eigenvalue weighted by molar-refractivity contribution is -0.126. The van der Waals surface area contributed by atoms with E-state index in [1.807, 2.05) is 11.4 Å². The van der Waals surface area contributed by atoms with Gasteiger partial charge in [0.1, 0.15) is 0 Å². The summed E-state index contributed by atoms with van der Waals surface area (Å²) < 4.78 is 1.05. The van der Waals surface area contributed by atoms with Crippen molar-refractivity contribution in [3.63, 3.8) is 0 Å². The predicted octanol–water partition coefficient (Wildman–Crippen LogP) is 2.50. The van der Waals surface area contributed by atoms with Gasteiger partial charge in [-0.1, -0.05) is 0 Å². The lowest BCUT2D eigenvalue weighted by atomic mass is 9.73. The summed E-state index contributed by atoms with van der Waals surface area (Å²) in [5.41, 5.74) is 5.44. The molecular formula is C10H12BrNOS. The standard InChI is InChI=1S/C10H12BrNOS/c11-7-4-8(14-6-7)5-9(13)10(12)2-1-3-10/h4,6H,1-3,5,12H2. The minimum absolute atomic E-state index is 0.193. The molecule has 0 saturated heterocycles. The molecule has 0 spiro atoms. The van der Waals surface area contributed by atoms with Crippen molar-refractivity contribution in [2.75, 3.05) is 0 Å². The van der Waals surface area contributed by atoms with Crippen LogP contribution >= 0.6 is 27.3 Å². The Morgan fingerprint density at radius 2 is 2.36 bits per heavy atom. The molecule has 1 aromatic rings. The van der Waals surface area contributed by atoms with Gasteiger partial charge in [0.25, 0.3) is 0 Å². The highest BCUT2D eigenvalue weighted by molar-refractivity contribution is 9.10.